The minimum absolute atomic E-state index is 0.281. The Bertz CT molecular complexity index is 725. The molecule has 2 aromatic rings. The van der Waals surface area contributed by atoms with E-state index >= 15 is 0 Å². The first kappa shape index (κ1) is 14.1. The number of fused-ring (bicyclic) bond motifs is 1. The van der Waals surface area contributed by atoms with Gasteiger partial charge in [0.25, 0.3) is 0 Å². The number of nitrogens with zero attached hydrogens (tertiary/aromatic N) is 1. The molecule has 2 nitrogen and oxygen atoms in total. The highest BCUT2D eigenvalue weighted by Gasteiger charge is 2.38. The molecule has 3 rings (SSSR count). The molecule has 0 amide bonds. The van der Waals surface area contributed by atoms with Gasteiger partial charge in [0.05, 0.1) is 18.1 Å². The summed E-state index contributed by atoms with van der Waals surface area (Å²) in [6.07, 6.45) is 0.904. The van der Waals surface area contributed by atoms with Gasteiger partial charge in [0.1, 0.15) is 11.6 Å². The van der Waals surface area contributed by atoms with E-state index < -0.39 is 5.41 Å². The van der Waals surface area contributed by atoms with Crippen LogP contribution in [0.25, 0.3) is 0 Å². The Morgan fingerprint density at radius 2 is 2.10 bits per heavy atom. The molecule has 0 bridgehead atoms. The van der Waals surface area contributed by atoms with Gasteiger partial charge in [-0.2, -0.15) is 5.26 Å². The molecule has 21 heavy (non-hydrogen) atoms. The Labute approximate surface area is 131 Å². The van der Waals surface area contributed by atoms with Crippen molar-refractivity contribution in [1.82, 2.24) is 0 Å². The number of hydrogen-bond donors (Lipinski definition) is 0. The fraction of sp³-hybridized carbons (Fsp3) is 0.235. The molecule has 0 spiro atoms. The predicted octanol–water partition coefficient (Wildman–Crippen LogP) is 4.37. The van der Waals surface area contributed by atoms with Gasteiger partial charge >= 0.3 is 0 Å². The van der Waals surface area contributed by atoms with E-state index in [9.17, 15) is 9.65 Å². The van der Waals surface area contributed by atoms with E-state index in [0.29, 0.717) is 25.0 Å². The second-order valence-electron chi connectivity index (χ2n) is 5.20. The fourth-order valence-corrected chi connectivity index (χ4v) is 3.21. The number of rotatable bonds is 2. The van der Waals surface area contributed by atoms with Gasteiger partial charge in [0.15, 0.2) is 0 Å². The largest absolute Gasteiger partial charge is 0.493 e. The van der Waals surface area contributed by atoms with Crippen molar-refractivity contribution in [2.24, 2.45) is 0 Å². The van der Waals surface area contributed by atoms with E-state index in [0.717, 1.165) is 15.8 Å². The number of benzene rings is 2. The van der Waals surface area contributed by atoms with Crippen molar-refractivity contribution < 1.29 is 9.13 Å². The third-order valence-corrected chi connectivity index (χ3v) is 4.40. The number of para-hydroxylation sites is 1. The number of hydrogen-bond acceptors (Lipinski definition) is 2. The monoisotopic (exact) mass is 345 g/mol. The summed E-state index contributed by atoms with van der Waals surface area (Å²) >= 11 is 3.36. The van der Waals surface area contributed by atoms with Gasteiger partial charge in [-0.3, -0.25) is 0 Å². The van der Waals surface area contributed by atoms with E-state index in [1.807, 2.05) is 24.3 Å². The third kappa shape index (κ3) is 2.54. The van der Waals surface area contributed by atoms with Crippen LogP contribution < -0.4 is 4.74 Å². The molecule has 2 aromatic carbocycles. The van der Waals surface area contributed by atoms with E-state index in [1.54, 1.807) is 12.1 Å². The van der Waals surface area contributed by atoms with E-state index in [1.165, 1.54) is 6.07 Å². The molecule has 0 N–H and O–H groups in total. The highest BCUT2D eigenvalue weighted by molar-refractivity contribution is 9.10. The molecule has 0 fully saturated rings. The normalized spacial score (nSPS) is 20.2. The van der Waals surface area contributed by atoms with Gasteiger partial charge in [-0.25, -0.2) is 4.39 Å². The Hall–Kier alpha value is -1.86. The van der Waals surface area contributed by atoms with Crippen LogP contribution in [0.15, 0.2) is 46.9 Å². The summed E-state index contributed by atoms with van der Waals surface area (Å²) in [5, 5.41) is 9.77. The van der Waals surface area contributed by atoms with Crippen LogP contribution in [-0.4, -0.2) is 6.61 Å². The van der Waals surface area contributed by atoms with Gasteiger partial charge in [0.2, 0.25) is 0 Å². The SMILES string of the molecule is N#CC1(Cc2cc(Br)ccc2F)CCOc2ccccc21. The number of ether oxygens (including phenoxy) is 1. The highest BCUT2D eigenvalue weighted by atomic mass is 79.9. The van der Waals surface area contributed by atoms with Crippen molar-refractivity contribution in [2.75, 3.05) is 6.61 Å². The lowest BCUT2D eigenvalue weighted by Crippen LogP contribution is -2.34. The van der Waals surface area contributed by atoms with Crippen molar-refractivity contribution in [3.63, 3.8) is 0 Å². The van der Waals surface area contributed by atoms with E-state index in [-0.39, 0.29) is 5.82 Å². The lowest BCUT2D eigenvalue weighted by molar-refractivity contribution is 0.240. The lowest BCUT2D eigenvalue weighted by atomic mass is 9.73. The molecule has 1 atom stereocenters. The maximum Gasteiger partial charge on any atom is 0.126 e. The molecule has 0 saturated heterocycles. The second kappa shape index (κ2) is 5.50. The number of halogens is 2. The van der Waals surface area contributed by atoms with Gasteiger partial charge in [-0.15, -0.1) is 0 Å². The van der Waals surface area contributed by atoms with Crippen LogP contribution in [0.4, 0.5) is 4.39 Å². The molecule has 106 valence electrons. The Kier molecular flexibility index (Phi) is 3.69. The van der Waals surface area contributed by atoms with Crippen molar-refractivity contribution >= 4 is 15.9 Å². The lowest BCUT2D eigenvalue weighted by Gasteiger charge is -2.33. The van der Waals surface area contributed by atoms with Crippen molar-refractivity contribution in [3.8, 4) is 11.8 Å². The molecule has 1 aliphatic rings. The third-order valence-electron chi connectivity index (χ3n) is 3.90. The zero-order valence-electron chi connectivity index (χ0n) is 11.3. The summed E-state index contributed by atoms with van der Waals surface area (Å²) in [6.45, 7) is 0.472. The predicted molar refractivity (Wildman–Crippen MR) is 81.6 cm³/mol. The zero-order valence-corrected chi connectivity index (χ0v) is 12.9. The minimum atomic E-state index is -0.740. The van der Waals surface area contributed by atoms with Crippen LogP contribution in [-0.2, 0) is 11.8 Å². The fourth-order valence-electron chi connectivity index (χ4n) is 2.80. The topological polar surface area (TPSA) is 33.0 Å². The van der Waals surface area contributed by atoms with E-state index in [2.05, 4.69) is 22.0 Å². The summed E-state index contributed by atoms with van der Waals surface area (Å²) < 4.78 is 20.5. The van der Waals surface area contributed by atoms with Gasteiger partial charge in [-0.1, -0.05) is 34.1 Å². The first-order chi connectivity index (χ1) is 10.1. The molecule has 0 saturated carbocycles. The molecule has 0 aliphatic carbocycles. The molecular weight excluding hydrogens is 333 g/mol. The smallest absolute Gasteiger partial charge is 0.126 e. The summed E-state index contributed by atoms with van der Waals surface area (Å²) in [5.74, 6) is 0.442. The quantitative estimate of drug-likeness (QED) is 0.809. The molecule has 4 heteroatoms. The maximum atomic E-state index is 14.0. The van der Waals surface area contributed by atoms with Gasteiger partial charge < -0.3 is 4.74 Å². The molecular formula is C17H13BrFNO. The van der Waals surface area contributed by atoms with E-state index in [4.69, 9.17) is 4.74 Å². The zero-order chi connectivity index (χ0) is 14.9. The van der Waals surface area contributed by atoms with Crippen LogP contribution in [0.1, 0.15) is 17.5 Å². The van der Waals surface area contributed by atoms with Crippen molar-refractivity contribution in [2.45, 2.75) is 18.3 Å². The standard InChI is InChI=1S/C17H13BrFNO/c18-13-5-6-15(19)12(9-13)10-17(11-20)7-8-21-16-4-2-1-3-14(16)17/h1-6,9H,7-8,10H2. The van der Waals surface area contributed by atoms with Crippen LogP contribution in [0.2, 0.25) is 0 Å². The number of nitriles is 1. The average molecular weight is 346 g/mol. The molecule has 1 heterocycles. The second-order valence-corrected chi connectivity index (χ2v) is 6.12. The van der Waals surface area contributed by atoms with Gasteiger partial charge in [0, 0.05) is 16.5 Å². The Balaban J connectivity index is 2.07. The van der Waals surface area contributed by atoms with Crippen LogP contribution in [0.3, 0.4) is 0 Å². The summed E-state index contributed by atoms with van der Waals surface area (Å²) in [5.41, 5.74) is 0.650. The maximum absolute atomic E-state index is 14.0. The first-order valence-corrected chi connectivity index (χ1v) is 7.51. The van der Waals surface area contributed by atoms with Crippen molar-refractivity contribution in [1.29, 1.82) is 5.26 Å². The Morgan fingerprint density at radius 3 is 2.90 bits per heavy atom. The molecule has 1 aliphatic heterocycles. The summed E-state index contributed by atoms with van der Waals surface area (Å²) in [7, 11) is 0. The van der Waals surface area contributed by atoms with Gasteiger partial charge in [-0.05, 0) is 36.2 Å². The summed E-state index contributed by atoms with van der Waals surface area (Å²) in [6, 6.07) is 14.8. The molecule has 0 radical (unpaired) electrons. The summed E-state index contributed by atoms with van der Waals surface area (Å²) in [4.78, 5) is 0. The highest BCUT2D eigenvalue weighted by Crippen LogP contribution is 2.41. The van der Waals surface area contributed by atoms with Crippen LogP contribution in [0, 0.1) is 17.1 Å². The first-order valence-electron chi connectivity index (χ1n) is 6.72. The minimum Gasteiger partial charge on any atom is -0.493 e. The van der Waals surface area contributed by atoms with Crippen LogP contribution >= 0.6 is 15.9 Å². The molecule has 0 aromatic heterocycles. The molecule has 1 unspecified atom stereocenters. The Morgan fingerprint density at radius 1 is 1.29 bits per heavy atom. The van der Waals surface area contributed by atoms with Crippen LogP contribution in [0.5, 0.6) is 5.75 Å². The average Bonchev–Trinajstić information content (AvgIpc) is 2.51. The van der Waals surface area contributed by atoms with Crippen molar-refractivity contribution in [3.05, 3.63) is 63.9 Å².